The first-order valence-electron chi connectivity index (χ1n) is 6.40. The molecule has 6 nitrogen and oxygen atoms in total. The molecule has 1 unspecified atom stereocenters. The van der Waals surface area contributed by atoms with Crippen LogP contribution in [-0.2, 0) is 14.4 Å². The lowest BCUT2D eigenvalue weighted by Gasteiger charge is -2.33. The van der Waals surface area contributed by atoms with Crippen LogP contribution in [0.2, 0.25) is 0 Å². The van der Waals surface area contributed by atoms with Crippen molar-refractivity contribution in [1.82, 2.24) is 10.2 Å². The van der Waals surface area contributed by atoms with Gasteiger partial charge in [0.15, 0.2) is 0 Å². The van der Waals surface area contributed by atoms with Crippen LogP contribution in [0.3, 0.4) is 0 Å². The van der Waals surface area contributed by atoms with Gasteiger partial charge in [0, 0.05) is 12.5 Å². The molecular weight excluding hydrogens is 248 g/mol. The SMILES string of the molecule is CC1(C)C(C(=O)N2CC(=O)NCC2C(=O)O)C1(C)C. The van der Waals surface area contributed by atoms with Crippen LogP contribution in [0.25, 0.3) is 0 Å². The Bertz CT molecular complexity index is 442. The van der Waals surface area contributed by atoms with Crippen LogP contribution < -0.4 is 5.32 Å². The third kappa shape index (κ3) is 1.89. The number of amides is 2. The number of aliphatic carboxylic acids is 1. The third-order valence-corrected chi connectivity index (χ3v) is 5.02. The molecule has 1 heterocycles. The second-order valence-electron chi connectivity index (χ2n) is 6.50. The van der Waals surface area contributed by atoms with E-state index >= 15 is 0 Å². The molecule has 2 N–H and O–H groups in total. The van der Waals surface area contributed by atoms with E-state index in [1.54, 1.807) is 0 Å². The van der Waals surface area contributed by atoms with Crippen molar-refractivity contribution >= 4 is 17.8 Å². The first-order valence-corrected chi connectivity index (χ1v) is 6.40. The van der Waals surface area contributed by atoms with Crippen LogP contribution in [-0.4, -0.2) is 46.9 Å². The molecule has 1 aliphatic heterocycles. The van der Waals surface area contributed by atoms with Gasteiger partial charge in [-0.15, -0.1) is 0 Å². The largest absolute Gasteiger partial charge is 0.480 e. The fourth-order valence-electron chi connectivity index (χ4n) is 3.07. The van der Waals surface area contributed by atoms with E-state index in [0.717, 1.165) is 0 Å². The highest BCUT2D eigenvalue weighted by atomic mass is 16.4. The zero-order valence-corrected chi connectivity index (χ0v) is 11.7. The van der Waals surface area contributed by atoms with Gasteiger partial charge in [-0.05, 0) is 10.8 Å². The van der Waals surface area contributed by atoms with Crippen molar-refractivity contribution in [3.63, 3.8) is 0 Å². The van der Waals surface area contributed by atoms with Gasteiger partial charge < -0.3 is 15.3 Å². The van der Waals surface area contributed by atoms with Crippen molar-refractivity contribution < 1.29 is 19.5 Å². The van der Waals surface area contributed by atoms with Crippen molar-refractivity contribution in [2.24, 2.45) is 16.7 Å². The molecular formula is C13H20N2O4. The van der Waals surface area contributed by atoms with Gasteiger partial charge in [0.05, 0.1) is 0 Å². The lowest BCUT2D eigenvalue weighted by molar-refractivity contribution is -0.155. The standard InChI is InChI=1S/C13H20N2O4/c1-12(2)9(13(12,3)4)10(17)15-6-8(16)14-5-7(15)11(18)19/h7,9H,5-6H2,1-4H3,(H,14,16)(H,18,19). The normalized spacial score (nSPS) is 28.7. The maximum absolute atomic E-state index is 12.5. The molecule has 0 bridgehead atoms. The minimum Gasteiger partial charge on any atom is -0.480 e. The molecule has 0 aromatic rings. The molecule has 1 saturated heterocycles. The summed E-state index contributed by atoms with van der Waals surface area (Å²) in [7, 11) is 0. The highest BCUT2D eigenvalue weighted by Crippen LogP contribution is 2.68. The van der Waals surface area contributed by atoms with Crippen LogP contribution in [0.4, 0.5) is 0 Å². The number of nitrogens with zero attached hydrogens (tertiary/aromatic N) is 1. The quantitative estimate of drug-likeness (QED) is 0.742. The predicted molar refractivity (Wildman–Crippen MR) is 67.2 cm³/mol. The molecule has 106 valence electrons. The lowest BCUT2D eigenvalue weighted by Crippen LogP contribution is -2.60. The van der Waals surface area contributed by atoms with Crippen molar-refractivity contribution in [3.8, 4) is 0 Å². The van der Waals surface area contributed by atoms with E-state index in [1.165, 1.54) is 4.90 Å². The zero-order chi connectivity index (χ0) is 14.6. The van der Waals surface area contributed by atoms with Gasteiger partial charge in [0.25, 0.3) is 0 Å². The van der Waals surface area contributed by atoms with E-state index in [2.05, 4.69) is 5.32 Å². The van der Waals surface area contributed by atoms with E-state index in [4.69, 9.17) is 5.11 Å². The average molecular weight is 268 g/mol. The number of rotatable bonds is 2. The summed E-state index contributed by atoms with van der Waals surface area (Å²) in [5.74, 6) is -1.84. The topological polar surface area (TPSA) is 86.7 Å². The molecule has 1 saturated carbocycles. The summed E-state index contributed by atoms with van der Waals surface area (Å²) in [4.78, 5) is 36.4. The van der Waals surface area contributed by atoms with Crippen molar-refractivity contribution in [2.45, 2.75) is 33.7 Å². The molecule has 1 aliphatic carbocycles. The number of carboxylic acid groups (broad SMARTS) is 1. The molecule has 0 radical (unpaired) electrons. The Labute approximate surface area is 112 Å². The molecule has 2 amide bonds. The van der Waals surface area contributed by atoms with Crippen LogP contribution >= 0.6 is 0 Å². The van der Waals surface area contributed by atoms with Gasteiger partial charge in [-0.2, -0.15) is 0 Å². The zero-order valence-electron chi connectivity index (χ0n) is 11.7. The molecule has 2 aliphatic rings. The number of hydrogen-bond acceptors (Lipinski definition) is 3. The molecule has 1 atom stereocenters. The van der Waals surface area contributed by atoms with E-state index < -0.39 is 12.0 Å². The number of carboxylic acids is 1. The minimum absolute atomic E-state index is 0.0204. The maximum Gasteiger partial charge on any atom is 0.328 e. The highest BCUT2D eigenvalue weighted by Gasteiger charge is 2.69. The first-order chi connectivity index (χ1) is 8.60. The van der Waals surface area contributed by atoms with Gasteiger partial charge in [0.1, 0.15) is 12.6 Å². The Kier molecular flexibility index (Phi) is 2.88. The molecule has 0 aromatic carbocycles. The Morgan fingerprint density at radius 2 is 1.79 bits per heavy atom. The highest BCUT2D eigenvalue weighted by molar-refractivity contribution is 5.94. The van der Waals surface area contributed by atoms with Gasteiger partial charge in [-0.1, -0.05) is 27.7 Å². The number of carbonyl (C=O) groups excluding carboxylic acids is 2. The molecule has 2 fully saturated rings. The summed E-state index contributed by atoms with van der Waals surface area (Å²) in [6.45, 7) is 7.79. The molecule has 19 heavy (non-hydrogen) atoms. The van der Waals surface area contributed by atoms with Crippen LogP contribution in [0, 0.1) is 16.7 Å². The summed E-state index contributed by atoms with van der Waals surface area (Å²) in [5, 5.41) is 11.6. The first kappa shape index (κ1) is 13.8. The number of hydrogen-bond donors (Lipinski definition) is 2. The van der Waals surface area contributed by atoms with Crippen LogP contribution in [0.1, 0.15) is 27.7 Å². The smallest absolute Gasteiger partial charge is 0.328 e. The molecule has 0 spiro atoms. The molecule has 0 aromatic heterocycles. The summed E-state index contributed by atoms with van der Waals surface area (Å²) < 4.78 is 0. The van der Waals surface area contributed by atoms with Crippen LogP contribution in [0.15, 0.2) is 0 Å². The Morgan fingerprint density at radius 1 is 1.26 bits per heavy atom. The van der Waals surface area contributed by atoms with Crippen LogP contribution in [0.5, 0.6) is 0 Å². The molecule has 6 heteroatoms. The van der Waals surface area contributed by atoms with E-state index in [0.29, 0.717) is 0 Å². The van der Waals surface area contributed by atoms with Gasteiger partial charge >= 0.3 is 5.97 Å². The summed E-state index contributed by atoms with van der Waals surface area (Å²) in [5.41, 5.74) is -0.331. The second kappa shape index (κ2) is 3.95. The Balaban J connectivity index is 2.22. The fourth-order valence-corrected chi connectivity index (χ4v) is 3.07. The van der Waals surface area contributed by atoms with Gasteiger partial charge in [0.2, 0.25) is 11.8 Å². The van der Waals surface area contributed by atoms with Gasteiger partial charge in [-0.25, -0.2) is 4.79 Å². The monoisotopic (exact) mass is 268 g/mol. The molecule has 2 rings (SSSR count). The van der Waals surface area contributed by atoms with Crippen molar-refractivity contribution in [1.29, 1.82) is 0 Å². The van der Waals surface area contributed by atoms with Crippen molar-refractivity contribution in [2.75, 3.05) is 13.1 Å². The summed E-state index contributed by atoms with van der Waals surface area (Å²) in [6, 6.07) is -0.961. The Morgan fingerprint density at radius 3 is 2.21 bits per heavy atom. The number of piperazine rings is 1. The number of nitrogens with one attached hydrogen (secondary N) is 1. The summed E-state index contributed by atoms with van der Waals surface area (Å²) in [6.07, 6.45) is 0. The maximum atomic E-state index is 12.5. The second-order valence-corrected chi connectivity index (χ2v) is 6.50. The lowest BCUT2D eigenvalue weighted by atomic mass is 10.0. The number of carbonyl (C=O) groups is 3. The van der Waals surface area contributed by atoms with E-state index in [1.807, 2.05) is 27.7 Å². The van der Waals surface area contributed by atoms with E-state index in [9.17, 15) is 14.4 Å². The van der Waals surface area contributed by atoms with E-state index in [-0.39, 0.29) is 41.7 Å². The third-order valence-electron chi connectivity index (χ3n) is 5.02. The van der Waals surface area contributed by atoms with Crippen molar-refractivity contribution in [3.05, 3.63) is 0 Å². The minimum atomic E-state index is -1.08. The van der Waals surface area contributed by atoms with Gasteiger partial charge in [-0.3, -0.25) is 9.59 Å². The summed E-state index contributed by atoms with van der Waals surface area (Å²) >= 11 is 0. The predicted octanol–water partition coefficient (Wildman–Crippen LogP) is 0.0802. The average Bonchev–Trinajstić information content (AvgIpc) is 2.68. The fraction of sp³-hybridized carbons (Fsp3) is 0.769. The Hall–Kier alpha value is -1.59.